The summed E-state index contributed by atoms with van der Waals surface area (Å²) in [6, 6.07) is 21.9. The van der Waals surface area contributed by atoms with Gasteiger partial charge in [0, 0.05) is 46.5 Å². The summed E-state index contributed by atoms with van der Waals surface area (Å²) in [6.45, 7) is 8.66. The fraction of sp³-hybridized carbons (Fsp3) is 0.394. The SMILES string of the molecule is Cc1ccc(CCC(=O)n2c(C(C)(C)C)c(Cc3ccccc3)c3cc(NC4CCCC4)ccc32)cn1. The average Bonchev–Trinajstić information content (AvgIpc) is 3.50. The van der Waals surface area contributed by atoms with Crippen LogP contribution in [0.2, 0.25) is 0 Å². The van der Waals surface area contributed by atoms with Crippen molar-refractivity contribution in [2.24, 2.45) is 0 Å². The van der Waals surface area contributed by atoms with Crippen molar-refractivity contribution >= 4 is 22.5 Å². The minimum Gasteiger partial charge on any atom is -0.382 e. The number of fused-ring (bicyclic) bond motifs is 1. The Morgan fingerprint density at radius 2 is 1.76 bits per heavy atom. The fourth-order valence-electron chi connectivity index (χ4n) is 5.79. The molecule has 0 saturated heterocycles. The van der Waals surface area contributed by atoms with Gasteiger partial charge < -0.3 is 5.32 Å². The summed E-state index contributed by atoms with van der Waals surface area (Å²) in [7, 11) is 0. The summed E-state index contributed by atoms with van der Waals surface area (Å²) in [5.41, 5.74) is 7.71. The van der Waals surface area contributed by atoms with Gasteiger partial charge in [0.2, 0.25) is 5.91 Å². The maximum Gasteiger partial charge on any atom is 0.231 e. The van der Waals surface area contributed by atoms with E-state index in [1.54, 1.807) is 0 Å². The Morgan fingerprint density at radius 1 is 1.00 bits per heavy atom. The zero-order valence-electron chi connectivity index (χ0n) is 22.7. The fourth-order valence-corrected chi connectivity index (χ4v) is 5.79. The first-order valence-electron chi connectivity index (χ1n) is 13.7. The summed E-state index contributed by atoms with van der Waals surface area (Å²) >= 11 is 0. The predicted octanol–water partition coefficient (Wildman–Crippen LogP) is 7.86. The predicted molar refractivity (Wildman–Crippen MR) is 154 cm³/mol. The van der Waals surface area contributed by atoms with Crippen LogP contribution in [0.5, 0.6) is 0 Å². The summed E-state index contributed by atoms with van der Waals surface area (Å²) in [5, 5.41) is 4.95. The Bertz CT molecular complexity index is 1370. The second-order valence-corrected chi connectivity index (χ2v) is 11.6. The molecule has 4 heteroatoms. The molecular formula is C33H39N3O. The van der Waals surface area contributed by atoms with E-state index >= 15 is 0 Å². The summed E-state index contributed by atoms with van der Waals surface area (Å²) < 4.78 is 2.02. The first-order chi connectivity index (χ1) is 17.8. The molecule has 5 rings (SSSR count). The highest BCUT2D eigenvalue weighted by Gasteiger charge is 2.29. The van der Waals surface area contributed by atoms with Crippen LogP contribution in [0.25, 0.3) is 10.9 Å². The minimum absolute atomic E-state index is 0.145. The zero-order chi connectivity index (χ0) is 26.0. The van der Waals surface area contributed by atoms with Crippen molar-refractivity contribution in [2.75, 3.05) is 5.32 Å². The molecule has 0 spiro atoms. The van der Waals surface area contributed by atoms with Crippen LogP contribution in [-0.4, -0.2) is 21.5 Å². The summed E-state index contributed by atoms with van der Waals surface area (Å²) in [6.07, 6.45) is 8.89. The Kier molecular flexibility index (Phi) is 7.19. The molecule has 0 bridgehead atoms. The molecule has 1 N–H and O–H groups in total. The molecule has 37 heavy (non-hydrogen) atoms. The van der Waals surface area contributed by atoms with Gasteiger partial charge in [0.05, 0.1) is 5.52 Å². The van der Waals surface area contributed by atoms with Crippen LogP contribution >= 0.6 is 0 Å². The molecule has 0 atom stereocenters. The second kappa shape index (κ2) is 10.5. The smallest absolute Gasteiger partial charge is 0.231 e. The number of pyridine rings is 1. The molecule has 1 saturated carbocycles. The van der Waals surface area contributed by atoms with E-state index < -0.39 is 0 Å². The van der Waals surface area contributed by atoms with Crippen molar-refractivity contribution in [2.45, 2.75) is 84.1 Å². The van der Waals surface area contributed by atoms with Crippen LogP contribution in [0, 0.1) is 6.92 Å². The minimum atomic E-state index is -0.191. The van der Waals surface area contributed by atoms with Gasteiger partial charge in [0.1, 0.15) is 0 Å². The van der Waals surface area contributed by atoms with Crippen LogP contribution < -0.4 is 5.32 Å². The highest BCUT2D eigenvalue weighted by molar-refractivity contribution is 5.98. The van der Waals surface area contributed by atoms with Gasteiger partial charge in [-0.2, -0.15) is 0 Å². The topological polar surface area (TPSA) is 46.9 Å². The lowest BCUT2D eigenvalue weighted by atomic mass is 9.86. The number of benzene rings is 2. The van der Waals surface area contributed by atoms with Crippen molar-refractivity contribution in [3.8, 4) is 0 Å². The Labute approximate surface area is 221 Å². The first kappa shape index (κ1) is 25.3. The maximum atomic E-state index is 13.9. The van der Waals surface area contributed by atoms with Gasteiger partial charge in [-0.25, -0.2) is 0 Å². The van der Waals surface area contributed by atoms with Gasteiger partial charge in [-0.15, -0.1) is 0 Å². The van der Waals surface area contributed by atoms with Crippen LogP contribution in [0.1, 0.15) is 85.7 Å². The number of hydrogen-bond acceptors (Lipinski definition) is 3. The lowest BCUT2D eigenvalue weighted by Gasteiger charge is -2.24. The van der Waals surface area contributed by atoms with Gasteiger partial charge in [0.15, 0.2) is 0 Å². The third-order valence-corrected chi connectivity index (χ3v) is 7.58. The van der Waals surface area contributed by atoms with Gasteiger partial charge in [-0.05, 0) is 73.6 Å². The van der Waals surface area contributed by atoms with E-state index in [0.29, 0.717) is 18.9 Å². The number of carbonyl (C=O) groups excluding carboxylic acids is 1. The van der Waals surface area contributed by atoms with Crippen LogP contribution in [-0.2, 0) is 18.3 Å². The normalized spacial score (nSPS) is 14.4. The Balaban J connectivity index is 1.59. The standard InChI is InChI=1S/C33H39N3O/c1-23-14-15-25(22-34-23)16-19-31(37)36-30-18-17-27(35-26-12-8-9-13-26)21-28(30)29(32(36)33(2,3)4)20-24-10-6-5-7-11-24/h5-7,10-11,14-15,17-18,21-22,26,35H,8-9,12-13,16,19-20H2,1-4H3. The second-order valence-electron chi connectivity index (χ2n) is 11.6. The first-order valence-corrected chi connectivity index (χ1v) is 13.7. The number of hydrogen-bond donors (Lipinski definition) is 1. The third-order valence-electron chi connectivity index (χ3n) is 7.58. The number of nitrogens with zero attached hydrogens (tertiary/aromatic N) is 2. The molecule has 192 valence electrons. The molecule has 0 amide bonds. The monoisotopic (exact) mass is 493 g/mol. The number of carbonyl (C=O) groups is 1. The Morgan fingerprint density at radius 3 is 2.43 bits per heavy atom. The van der Waals surface area contributed by atoms with E-state index in [1.165, 1.54) is 42.2 Å². The van der Waals surface area contributed by atoms with Gasteiger partial charge in [-0.3, -0.25) is 14.3 Å². The van der Waals surface area contributed by atoms with E-state index in [1.807, 2.05) is 23.8 Å². The number of nitrogens with one attached hydrogen (secondary N) is 1. The third kappa shape index (κ3) is 5.64. The van der Waals surface area contributed by atoms with Gasteiger partial charge in [-0.1, -0.05) is 70.0 Å². The number of rotatable bonds is 7. The lowest BCUT2D eigenvalue weighted by Crippen LogP contribution is -2.24. The van der Waals surface area contributed by atoms with E-state index in [-0.39, 0.29) is 11.3 Å². The average molecular weight is 494 g/mol. The van der Waals surface area contributed by atoms with Crippen LogP contribution in [0.3, 0.4) is 0 Å². The lowest BCUT2D eigenvalue weighted by molar-refractivity contribution is 0.0901. The number of aromatic nitrogens is 2. The van der Waals surface area contributed by atoms with Crippen molar-refractivity contribution in [1.82, 2.24) is 9.55 Å². The van der Waals surface area contributed by atoms with E-state index in [0.717, 1.165) is 34.6 Å². The van der Waals surface area contributed by atoms with Crippen LogP contribution in [0.15, 0.2) is 66.9 Å². The highest BCUT2D eigenvalue weighted by Crippen LogP contribution is 2.38. The van der Waals surface area contributed by atoms with Gasteiger partial charge in [0.25, 0.3) is 0 Å². The van der Waals surface area contributed by atoms with Crippen molar-refractivity contribution in [3.05, 3.63) is 94.9 Å². The van der Waals surface area contributed by atoms with E-state index in [9.17, 15) is 4.79 Å². The molecule has 4 nitrogen and oxygen atoms in total. The highest BCUT2D eigenvalue weighted by atomic mass is 16.2. The molecular weight excluding hydrogens is 454 g/mol. The number of aryl methyl sites for hydroxylation is 2. The zero-order valence-corrected chi connectivity index (χ0v) is 22.7. The molecule has 2 aromatic carbocycles. The van der Waals surface area contributed by atoms with Crippen LogP contribution in [0.4, 0.5) is 5.69 Å². The van der Waals surface area contributed by atoms with Crippen molar-refractivity contribution < 1.29 is 4.79 Å². The quantitative estimate of drug-likeness (QED) is 0.285. The molecule has 2 heterocycles. The van der Waals surface area contributed by atoms with E-state index in [2.05, 4.69) is 85.7 Å². The van der Waals surface area contributed by atoms with Crippen molar-refractivity contribution in [1.29, 1.82) is 0 Å². The maximum absolute atomic E-state index is 13.9. The molecule has 0 radical (unpaired) electrons. The summed E-state index contributed by atoms with van der Waals surface area (Å²) in [5.74, 6) is 0.145. The molecule has 2 aromatic heterocycles. The molecule has 1 aliphatic carbocycles. The Hall–Kier alpha value is -3.40. The van der Waals surface area contributed by atoms with E-state index in [4.69, 9.17) is 0 Å². The molecule has 1 fully saturated rings. The van der Waals surface area contributed by atoms with Gasteiger partial charge >= 0.3 is 0 Å². The molecule has 4 aromatic rings. The summed E-state index contributed by atoms with van der Waals surface area (Å²) in [4.78, 5) is 18.3. The van der Waals surface area contributed by atoms with Crippen molar-refractivity contribution in [3.63, 3.8) is 0 Å². The molecule has 0 aliphatic heterocycles. The number of anilines is 1. The molecule has 0 unspecified atom stereocenters. The molecule has 1 aliphatic rings. The largest absolute Gasteiger partial charge is 0.382 e.